The van der Waals surface area contributed by atoms with Gasteiger partial charge < -0.3 is 0 Å². The van der Waals surface area contributed by atoms with Gasteiger partial charge in [0, 0.05) is 0 Å². The Bertz CT molecular complexity index is 2880. The lowest BCUT2D eigenvalue weighted by Crippen LogP contribution is -1.92. The molecule has 0 fully saturated rings. The van der Waals surface area contributed by atoms with Gasteiger partial charge in [0.2, 0.25) is 0 Å². The van der Waals surface area contributed by atoms with Crippen LogP contribution in [0.25, 0.3) is 82.8 Å². The first kappa shape index (κ1) is 34.7. The molecule has 0 atom stereocenters. The second kappa shape index (κ2) is 15.4. The molecule has 0 nitrogen and oxygen atoms in total. The Morgan fingerprint density at radius 3 is 1.48 bits per heavy atom. The molecule has 9 rings (SSSR count). The Morgan fingerprint density at radius 1 is 0.446 bits per heavy atom. The Morgan fingerprint density at radius 2 is 0.911 bits per heavy atom. The Kier molecular flexibility index (Phi) is 9.54. The fraction of sp³-hybridized carbons (Fsp3) is 0.0357. The lowest BCUT2D eigenvalue weighted by molar-refractivity contribution is 0.979. The lowest BCUT2D eigenvalue weighted by atomic mass is 9.87. The summed E-state index contributed by atoms with van der Waals surface area (Å²) in [6, 6.07) is 64.1. The van der Waals surface area contributed by atoms with Crippen LogP contribution >= 0.6 is 0 Å². The van der Waals surface area contributed by atoms with E-state index >= 15 is 0 Å². The second-order valence-corrected chi connectivity index (χ2v) is 14.5. The van der Waals surface area contributed by atoms with Gasteiger partial charge in [-0.1, -0.05) is 195 Å². The van der Waals surface area contributed by atoms with Crippen molar-refractivity contribution >= 4 is 27.1 Å². The molecule has 0 bridgehead atoms. The van der Waals surface area contributed by atoms with Crippen LogP contribution in [0.1, 0.15) is 18.4 Å². The van der Waals surface area contributed by atoms with E-state index in [1.54, 1.807) is 0 Å². The molecule has 0 radical (unpaired) electrons. The highest BCUT2D eigenvalue weighted by molar-refractivity contribution is 6.12. The van der Waals surface area contributed by atoms with Crippen molar-refractivity contribution in [2.24, 2.45) is 0 Å². The van der Waals surface area contributed by atoms with Crippen LogP contribution in [0.3, 0.4) is 0 Å². The minimum absolute atomic E-state index is 1.02. The van der Waals surface area contributed by atoms with E-state index in [1.165, 1.54) is 82.8 Å². The first-order valence-electron chi connectivity index (χ1n) is 19.4. The fourth-order valence-electron chi connectivity index (χ4n) is 8.22. The highest BCUT2D eigenvalue weighted by Gasteiger charge is 2.15. The fourth-order valence-corrected chi connectivity index (χ4v) is 8.22. The zero-order valence-electron chi connectivity index (χ0n) is 31.5. The molecular weight excluding hydrogens is 673 g/mol. The summed E-state index contributed by atoms with van der Waals surface area (Å²) in [6.07, 6.45) is 12.7. The molecular formula is C56H42. The summed E-state index contributed by atoms with van der Waals surface area (Å²) in [5, 5.41) is 4.95. The number of benzene rings is 8. The summed E-state index contributed by atoms with van der Waals surface area (Å²) in [4.78, 5) is 0. The smallest absolute Gasteiger partial charge is 0.00987 e. The SMILES string of the molecule is C=C/C(=C\C(=C)C1=CC=CCC1)c1cccc(-c2ccc(-c3ccc(-c4cccc(-c5cccc(-c6ccccc6)c5)c4)c4ccccc34)c3ccccc23)c1. The van der Waals surface area contributed by atoms with Crippen LogP contribution in [0.4, 0.5) is 0 Å². The van der Waals surface area contributed by atoms with E-state index in [4.69, 9.17) is 0 Å². The summed E-state index contributed by atoms with van der Waals surface area (Å²) < 4.78 is 0. The highest BCUT2D eigenvalue weighted by Crippen LogP contribution is 2.42. The number of hydrogen-bond acceptors (Lipinski definition) is 0. The van der Waals surface area contributed by atoms with Gasteiger partial charge in [0.15, 0.2) is 0 Å². The molecule has 1 aliphatic carbocycles. The van der Waals surface area contributed by atoms with Crippen molar-refractivity contribution in [1.29, 1.82) is 0 Å². The molecule has 8 aromatic carbocycles. The molecule has 0 heteroatoms. The molecule has 266 valence electrons. The van der Waals surface area contributed by atoms with Crippen LogP contribution in [-0.4, -0.2) is 0 Å². The molecule has 8 aromatic rings. The summed E-state index contributed by atoms with van der Waals surface area (Å²) in [5.74, 6) is 0. The maximum Gasteiger partial charge on any atom is -0.00987 e. The molecule has 0 aromatic heterocycles. The normalized spacial score (nSPS) is 12.8. The summed E-state index contributed by atoms with van der Waals surface area (Å²) in [7, 11) is 0. The minimum atomic E-state index is 1.02. The predicted molar refractivity (Wildman–Crippen MR) is 242 cm³/mol. The third-order valence-electron chi connectivity index (χ3n) is 11.1. The predicted octanol–water partition coefficient (Wildman–Crippen LogP) is 15.7. The molecule has 0 aliphatic heterocycles. The van der Waals surface area contributed by atoms with Crippen molar-refractivity contribution in [1.82, 2.24) is 0 Å². The molecule has 0 N–H and O–H groups in total. The van der Waals surface area contributed by atoms with Crippen LogP contribution in [0.2, 0.25) is 0 Å². The van der Waals surface area contributed by atoms with Gasteiger partial charge in [0.1, 0.15) is 0 Å². The van der Waals surface area contributed by atoms with Gasteiger partial charge in [0.05, 0.1) is 0 Å². The van der Waals surface area contributed by atoms with Crippen molar-refractivity contribution in [3.05, 3.63) is 236 Å². The molecule has 56 heavy (non-hydrogen) atoms. The minimum Gasteiger partial charge on any atom is -0.0984 e. The summed E-state index contributed by atoms with van der Waals surface area (Å²) in [5.41, 5.74) is 16.7. The third kappa shape index (κ3) is 6.79. The maximum atomic E-state index is 4.40. The standard InChI is InChI=1S/C56H42/c1-3-40(35-39(2)41-17-6-4-7-18-41)43-21-15-25-47(37-43)49-31-33-55(53-29-12-10-27-51(49)53)56-34-32-50(52-28-11-13-30-54(52)56)48-26-16-24-46(38-48)45-23-14-22-44(36-45)42-19-8-5-9-20-42/h3-6,8-17,19-38H,1-2,7,18H2/b40-35+. The molecule has 0 spiro atoms. The average Bonchev–Trinajstić information content (AvgIpc) is 3.28. The molecule has 1 aliphatic rings. The Hall–Kier alpha value is -7.02. The van der Waals surface area contributed by atoms with Crippen LogP contribution in [0, 0.1) is 0 Å². The lowest BCUT2D eigenvalue weighted by Gasteiger charge is -2.17. The molecule has 0 unspecified atom stereocenters. The zero-order valence-corrected chi connectivity index (χ0v) is 31.5. The number of hydrogen-bond donors (Lipinski definition) is 0. The van der Waals surface area contributed by atoms with E-state index < -0.39 is 0 Å². The van der Waals surface area contributed by atoms with E-state index in [9.17, 15) is 0 Å². The Balaban J connectivity index is 1.09. The van der Waals surface area contributed by atoms with Gasteiger partial charge >= 0.3 is 0 Å². The van der Waals surface area contributed by atoms with Crippen LogP contribution in [-0.2, 0) is 0 Å². The largest absolute Gasteiger partial charge is 0.0984 e. The third-order valence-corrected chi connectivity index (χ3v) is 11.1. The van der Waals surface area contributed by atoms with E-state index in [-0.39, 0.29) is 0 Å². The van der Waals surface area contributed by atoms with Gasteiger partial charge in [-0.3, -0.25) is 0 Å². The van der Waals surface area contributed by atoms with Crippen molar-refractivity contribution in [2.75, 3.05) is 0 Å². The van der Waals surface area contributed by atoms with Crippen LogP contribution in [0.15, 0.2) is 231 Å². The first-order valence-corrected chi connectivity index (χ1v) is 19.4. The zero-order chi connectivity index (χ0) is 37.8. The molecule has 0 amide bonds. The molecule has 0 heterocycles. The van der Waals surface area contributed by atoms with E-state index in [0.29, 0.717) is 0 Å². The van der Waals surface area contributed by atoms with Crippen molar-refractivity contribution in [2.45, 2.75) is 12.8 Å². The van der Waals surface area contributed by atoms with Crippen molar-refractivity contribution in [3.8, 4) is 55.6 Å². The summed E-state index contributed by atoms with van der Waals surface area (Å²) >= 11 is 0. The van der Waals surface area contributed by atoms with Gasteiger partial charge in [-0.25, -0.2) is 0 Å². The molecule has 0 saturated heterocycles. The maximum absolute atomic E-state index is 4.40. The first-order chi connectivity index (χ1) is 27.6. The highest BCUT2D eigenvalue weighted by atomic mass is 14.2. The van der Waals surface area contributed by atoms with Gasteiger partial charge in [-0.15, -0.1) is 0 Å². The average molecular weight is 715 g/mol. The topological polar surface area (TPSA) is 0 Å². The van der Waals surface area contributed by atoms with E-state index in [0.717, 1.165) is 29.6 Å². The monoisotopic (exact) mass is 714 g/mol. The second-order valence-electron chi connectivity index (χ2n) is 14.5. The van der Waals surface area contributed by atoms with Crippen molar-refractivity contribution < 1.29 is 0 Å². The van der Waals surface area contributed by atoms with Gasteiger partial charge in [0.25, 0.3) is 0 Å². The van der Waals surface area contributed by atoms with Crippen LogP contribution in [0.5, 0.6) is 0 Å². The van der Waals surface area contributed by atoms with E-state index in [2.05, 4.69) is 213 Å². The molecule has 0 saturated carbocycles. The van der Waals surface area contributed by atoms with Crippen LogP contribution < -0.4 is 0 Å². The number of allylic oxidation sites excluding steroid dienone is 8. The summed E-state index contributed by atoms with van der Waals surface area (Å²) in [6.45, 7) is 8.57. The Labute approximate surface area is 330 Å². The number of fused-ring (bicyclic) bond motifs is 2. The van der Waals surface area contributed by atoms with Crippen molar-refractivity contribution in [3.63, 3.8) is 0 Å². The quantitative estimate of drug-likeness (QED) is 0.131. The van der Waals surface area contributed by atoms with E-state index in [1.807, 2.05) is 6.08 Å². The van der Waals surface area contributed by atoms with Gasteiger partial charge in [-0.2, -0.15) is 0 Å². The van der Waals surface area contributed by atoms with Gasteiger partial charge in [-0.05, 0) is 137 Å². The number of rotatable bonds is 9.